The molecule has 0 bridgehead atoms. The molecule has 0 amide bonds. The Balaban J connectivity index is 2.48. The molecule has 2 rings (SSSR count). The van der Waals surface area contributed by atoms with Crippen LogP contribution in [-0.2, 0) is 0 Å². The maximum Gasteiger partial charge on any atom is 0.146 e. The van der Waals surface area contributed by atoms with Gasteiger partial charge < -0.3 is 5.32 Å². The number of rotatable bonds is 3. The fourth-order valence-corrected chi connectivity index (χ4v) is 2.05. The highest BCUT2D eigenvalue weighted by Crippen LogP contribution is 2.28. The highest BCUT2D eigenvalue weighted by Gasteiger charge is 2.17. The molecule has 4 heteroatoms. The highest BCUT2D eigenvalue weighted by molar-refractivity contribution is 6.31. The first-order chi connectivity index (χ1) is 8.24. The molecule has 1 atom stereocenters. The SMILES string of the molecule is CNC(c1ccncc1F)c1ccccc1Cl. The summed E-state index contributed by atoms with van der Waals surface area (Å²) in [5, 5.41) is 3.68. The first kappa shape index (κ1) is 12.0. The molecule has 17 heavy (non-hydrogen) atoms. The van der Waals surface area contributed by atoms with Crippen molar-refractivity contribution in [3.05, 3.63) is 64.7 Å². The van der Waals surface area contributed by atoms with Crippen LogP contribution in [0.4, 0.5) is 4.39 Å². The van der Waals surface area contributed by atoms with E-state index in [2.05, 4.69) is 10.3 Å². The molecule has 0 aliphatic carbocycles. The van der Waals surface area contributed by atoms with Crippen molar-refractivity contribution in [3.63, 3.8) is 0 Å². The molecule has 88 valence electrons. The standard InChI is InChI=1S/C13H12ClFN2/c1-16-13(9-4-2-3-5-11(9)14)10-6-7-17-8-12(10)15/h2-8,13,16H,1H3. The lowest BCUT2D eigenvalue weighted by Gasteiger charge is -2.18. The normalized spacial score (nSPS) is 12.4. The third kappa shape index (κ3) is 2.46. The van der Waals surface area contributed by atoms with E-state index in [0.717, 1.165) is 5.56 Å². The predicted molar refractivity (Wildman–Crippen MR) is 66.5 cm³/mol. The minimum absolute atomic E-state index is 0.272. The van der Waals surface area contributed by atoms with Crippen molar-refractivity contribution >= 4 is 11.6 Å². The number of benzene rings is 1. The van der Waals surface area contributed by atoms with Crippen LogP contribution in [-0.4, -0.2) is 12.0 Å². The second-order valence-corrected chi connectivity index (χ2v) is 4.05. The fraction of sp³-hybridized carbons (Fsp3) is 0.154. The van der Waals surface area contributed by atoms with Crippen LogP contribution in [0.1, 0.15) is 17.2 Å². The van der Waals surface area contributed by atoms with Crippen LogP contribution in [0, 0.1) is 5.82 Å². The van der Waals surface area contributed by atoms with Crippen LogP contribution in [0.2, 0.25) is 5.02 Å². The largest absolute Gasteiger partial charge is 0.309 e. The molecular formula is C13H12ClFN2. The van der Waals surface area contributed by atoms with E-state index in [1.54, 1.807) is 25.4 Å². The number of aromatic nitrogens is 1. The summed E-state index contributed by atoms with van der Waals surface area (Å²) in [6, 6.07) is 8.78. The van der Waals surface area contributed by atoms with Gasteiger partial charge in [-0.25, -0.2) is 4.39 Å². The van der Waals surface area contributed by atoms with Gasteiger partial charge in [0.15, 0.2) is 0 Å². The Morgan fingerprint density at radius 3 is 2.65 bits per heavy atom. The summed E-state index contributed by atoms with van der Waals surface area (Å²) in [5.41, 5.74) is 1.39. The van der Waals surface area contributed by atoms with Crippen molar-refractivity contribution < 1.29 is 4.39 Å². The summed E-state index contributed by atoms with van der Waals surface area (Å²) in [7, 11) is 1.77. The van der Waals surface area contributed by atoms with E-state index in [4.69, 9.17) is 11.6 Å². The lowest BCUT2D eigenvalue weighted by atomic mass is 9.99. The summed E-state index contributed by atoms with van der Waals surface area (Å²) in [6.45, 7) is 0. The topological polar surface area (TPSA) is 24.9 Å². The number of halogens is 2. The predicted octanol–water partition coefficient (Wildman–Crippen LogP) is 3.18. The quantitative estimate of drug-likeness (QED) is 0.905. The minimum atomic E-state index is -0.341. The molecule has 1 heterocycles. The monoisotopic (exact) mass is 250 g/mol. The van der Waals surface area contributed by atoms with Crippen molar-refractivity contribution in [2.45, 2.75) is 6.04 Å². The number of nitrogens with zero attached hydrogens (tertiary/aromatic N) is 1. The fourth-order valence-electron chi connectivity index (χ4n) is 1.81. The van der Waals surface area contributed by atoms with Crippen molar-refractivity contribution in [3.8, 4) is 0 Å². The molecule has 0 saturated carbocycles. The molecule has 0 fully saturated rings. The van der Waals surface area contributed by atoms with E-state index in [0.29, 0.717) is 10.6 Å². The number of hydrogen-bond acceptors (Lipinski definition) is 2. The Morgan fingerprint density at radius 1 is 1.24 bits per heavy atom. The first-order valence-electron chi connectivity index (χ1n) is 5.25. The Kier molecular flexibility index (Phi) is 3.71. The lowest BCUT2D eigenvalue weighted by molar-refractivity contribution is 0.571. The average molecular weight is 251 g/mol. The van der Waals surface area contributed by atoms with Gasteiger partial charge >= 0.3 is 0 Å². The van der Waals surface area contributed by atoms with E-state index < -0.39 is 0 Å². The molecular weight excluding hydrogens is 239 g/mol. The average Bonchev–Trinajstić information content (AvgIpc) is 2.34. The van der Waals surface area contributed by atoms with Gasteiger partial charge in [0.05, 0.1) is 12.2 Å². The molecule has 1 aromatic carbocycles. The maximum atomic E-state index is 13.7. The Hall–Kier alpha value is -1.45. The molecule has 0 saturated heterocycles. The van der Waals surface area contributed by atoms with Crippen LogP contribution >= 0.6 is 11.6 Å². The van der Waals surface area contributed by atoms with Crippen molar-refractivity contribution in [2.75, 3.05) is 7.05 Å². The van der Waals surface area contributed by atoms with E-state index in [1.165, 1.54) is 6.20 Å². The summed E-state index contributed by atoms with van der Waals surface area (Å²) in [5.74, 6) is -0.341. The third-order valence-electron chi connectivity index (χ3n) is 2.62. The van der Waals surface area contributed by atoms with E-state index in [-0.39, 0.29) is 11.9 Å². The van der Waals surface area contributed by atoms with Gasteiger partial charge in [-0.2, -0.15) is 0 Å². The van der Waals surface area contributed by atoms with Gasteiger partial charge in [0.2, 0.25) is 0 Å². The zero-order chi connectivity index (χ0) is 12.3. The minimum Gasteiger partial charge on any atom is -0.309 e. The molecule has 0 spiro atoms. The van der Waals surface area contributed by atoms with Crippen molar-refractivity contribution in [1.29, 1.82) is 0 Å². The number of pyridine rings is 1. The molecule has 1 N–H and O–H groups in total. The zero-order valence-corrected chi connectivity index (χ0v) is 10.1. The number of hydrogen-bond donors (Lipinski definition) is 1. The van der Waals surface area contributed by atoms with Gasteiger partial charge in [-0.3, -0.25) is 4.98 Å². The van der Waals surface area contributed by atoms with Crippen LogP contribution in [0.25, 0.3) is 0 Å². The van der Waals surface area contributed by atoms with E-state index >= 15 is 0 Å². The summed E-state index contributed by atoms with van der Waals surface area (Å²) in [6.07, 6.45) is 2.77. The Bertz CT molecular complexity index is 471. The van der Waals surface area contributed by atoms with Crippen LogP contribution in [0.5, 0.6) is 0 Å². The van der Waals surface area contributed by atoms with E-state index in [1.807, 2.05) is 18.2 Å². The van der Waals surface area contributed by atoms with E-state index in [9.17, 15) is 4.39 Å². The van der Waals surface area contributed by atoms with Crippen molar-refractivity contribution in [1.82, 2.24) is 10.3 Å². The number of nitrogens with one attached hydrogen (secondary N) is 1. The summed E-state index contributed by atoms with van der Waals surface area (Å²) >= 11 is 6.12. The van der Waals surface area contributed by atoms with Gasteiger partial charge in [0.1, 0.15) is 5.82 Å². The Labute approximate surface area is 104 Å². The molecule has 1 unspecified atom stereocenters. The van der Waals surface area contributed by atoms with Crippen molar-refractivity contribution in [2.24, 2.45) is 0 Å². The van der Waals surface area contributed by atoms with Crippen LogP contribution < -0.4 is 5.32 Å². The zero-order valence-electron chi connectivity index (χ0n) is 9.32. The molecule has 0 aliphatic rings. The molecule has 0 aliphatic heterocycles. The summed E-state index contributed by atoms with van der Waals surface area (Å²) < 4.78 is 13.7. The second-order valence-electron chi connectivity index (χ2n) is 3.64. The summed E-state index contributed by atoms with van der Waals surface area (Å²) in [4.78, 5) is 3.74. The highest BCUT2D eigenvalue weighted by atomic mass is 35.5. The van der Waals surface area contributed by atoms with Gasteiger partial charge in [0.25, 0.3) is 0 Å². The molecule has 1 aromatic heterocycles. The van der Waals surface area contributed by atoms with Crippen LogP contribution in [0.3, 0.4) is 0 Å². The van der Waals surface area contributed by atoms with Gasteiger partial charge in [-0.05, 0) is 24.7 Å². The van der Waals surface area contributed by atoms with Gasteiger partial charge in [0, 0.05) is 16.8 Å². The van der Waals surface area contributed by atoms with Gasteiger partial charge in [-0.1, -0.05) is 29.8 Å². The molecule has 2 nitrogen and oxygen atoms in total. The third-order valence-corrected chi connectivity index (χ3v) is 2.96. The first-order valence-corrected chi connectivity index (χ1v) is 5.63. The second kappa shape index (κ2) is 5.25. The Morgan fingerprint density at radius 2 is 2.00 bits per heavy atom. The van der Waals surface area contributed by atoms with Gasteiger partial charge in [-0.15, -0.1) is 0 Å². The molecule has 0 radical (unpaired) electrons. The van der Waals surface area contributed by atoms with Crippen LogP contribution in [0.15, 0.2) is 42.7 Å². The smallest absolute Gasteiger partial charge is 0.146 e. The molecule has 2 aromatic rings. The maximum absolute atomic E-state index is 13.7. The lowest BCUT2D eigenvalue weighted by Crippen LogP contribution is -2.19.